The van der Waals surface area contributed by atoms with Gasteiger partial charge in [0.1, 0.15) is 5.69 Å². The number of fused-ring (bicyclic) bond motifs is 1. The summed E-state index contributed by atoms with van der Waals surface area (Å²) in [5.41, 5.74) is 2.42. The van der Waals surface area contributed by atoms with E-state index in [1.54, 1.807) is 30.3 Å². The second-order valence-electron chi connectivity index (χ2n) is 8.29. The van der Waals surface area contributed by atoms with Gasteiger partial charge in [-0.1, -0.05) is 30.7 Å². The fraction of sp³-hybridized carbons (Fsp3) is 0.320. The molecule has 0 radical (unpaired) electrons. The number of rotatable bonds is 4. The lowest BCUT2D eigenvalue weighted by molar-refractivity contribution is 0.0725. The number of nitrogens with one attached hydrogen (secondary N) is 1. The van der Waals surface area contributed by atoms with Gasteiger partial charge in [-0.05, 0) is 63.3 Å². The fourth-order valence-electron chi connectivity index (χ4n) is 3.99. The van der Waals surface area contributed by atoms with E-state index in [0.29, 0.717) is 23.0 Å². The summed E-state index contributed by atoms with van der Waals surface area (Å²) in [6.45, 7) is 1.53. The van der Waals surface area contributed by atoms with E-state index in [1.165, 1.54) is 0 Å². The van der Waals surface area contributed by atoms with Crippen LogP contribution in [0.4, 0.5) is 5.69 Å². The Bertz CT molecular complexity index is 1080. The number of para-hydroxylation sites is 1. The van der Waals surface area contributed by atoms with Gasteiger partial charge in [-0.25, -0.2) is 4.98 Å². The van der Waals surface area contributed by atoms with Gasteiger partial charge in [0.05, 0.1) is 5.52 Å². The minimum Gasteiger partial charge on any atom is -0.337 e. The Labute approximate surface area is 182 Å². The lowest BCUT2D eigenvalue weighted by atomic mass is 10.1. The molecule has 1 N–H and O–H groups in total. The van der Waals surface area contributed by atoms with Crippen molar-refractivity contribution in [3.8, 4) is 0 Å². The lowest BCUT2D eigenvalue weighted by Crippen LogP contribution is -2.41. The van der Waals surface area contributed by atoms with E-state index in [9.17, 15) is 9.59 Å². The van der Waals surface area contributed by atoms with E-state index < -0.39 is 0 Å². The first-order chi connectivity index (χ1) is 15.0. The van der Waals surface area contributed by atoms with Crippen molar-refractivity contribution in [2.24, 2.45) is 0 Å². The van der Waals surface area contributed by atoms with Crippen molar-refractivity contribution in [3.05, 3.63) is 71.9 Å². The van der Waals surface area contributed by atoms with Gasteiger partial charge in [0.25, 0.3) is 11.8 Å². The number of carbonyl (C=O) groups is 2. The minimum absolute atomic E-state index is 0.0443. The summed E-state index contributed by atoms with van der Waals surface area (Å²) in [5, 5.41) is 3.86. The number of likely N-dealkylation sites (N-methyl/N-ethyl adjacent to an activating group) is 1. The summed E-state index contributed by atoms with van der Waals surface area (Å²) in [4.78, 5) is 34.2. The molecule has 1 fully saturated rings. The summed E-state index contributed by atoms with van der Waals surface area (Å²) in [6, 6.07) is 18.8. The third-order valence-corrected chi connectivity index (χ3v) is 5.88. The summed E-state index contributed by atoms with van der Waals surface area (Å²) in [6.07, 6.45) is 3.29. The molecule has 6 heteroatoms. The zero-order chi connectivity index (χ0) is 21.8. The van der Waals surface area contributed by atoms with Crippen LogP contribution in [0.3, 0.4) is 0 Å². The summed E-state index contributed by atoms with van der Waals surface area (Å²) in [5.74, 6) is -0.228. The van der Waals surface area contributed by atoms with Crippen LogP contribution in [0.5, 0.6) is 0 Å². The Morgan fingerprint density at radius 1 is 1.00 bits per heavy atom. The molecule has 1 aliphatic heterocycles. The molecule has 1 aromatic heterocycles. The van der Waals surface area contributed by atoms with Crippen molar-refractivity contribution >= 4 is 28.4 Å². The third kappa shape index (κ3) is 4.91. The molecule has 0 unspecified atom stereocenters. The Morgan fingerprint density at radius 3 is 2.55 bits per heavy atom. The standard InChI is InChI=1S/C25H28N4O2/c1-28(2)21-8-5-6-16-29(17-21)25(31)19-10-13-20(14-11-19)26-24(30)23-15-12-18-7-3-4-9-22(18)27-23/h3-4,7,9-15,21H,5-6,8,16-17H2,1-2H3,(H,26,30)/t21-/m0/s1. The van der Waals surface area contributed by atoms with E-state index in [4.69, 9.17) is 0 Å². The number of carbonyl (C=O) groups excluding carboxylic acids is 2. The molecule has 31 heavy (non-hydrogen) atoms. The number of anilines is 1. The van der Waals surface area contributed by atoms with Crippen LogP contribution >= 0.6 is 0 Å². The highest BCUT2D eigenvalue weighted by atomic mass is 16.2. The topological polar surface area (TPSA) is 65.5 Å². The van der Waals surface area contributed by atoms with Crippen molar-refractivity contribution in [1.82, 2.24) is 14.8 Å². The first-order valence-electron chi connectivity index (χ1n) is 10.7. The van der Waals surface area contributed by atoms with E-state index in [2.05, 4.69) is 29.3 Å². The van der Waals surface area contributed by atoms with E-state index in [1.807, 2.05) is 35.2 Å². The molecule has 6 nitrogen and oxygen atoms in total. The highest BCUT2D eigenvalue weighted by Crippen LogP contribution is 2.19. The van der Waals surface area contributed by atoms with Crippen LogP contribution in [-0.2, 0) is 0 Å². The minimum atomic E-state index is -0.272. The summed E-state index contributed by atoms with van der Waals surface area (Å²) in [7, 11) is 4.14. The number of likely N-dealkylation sites (tertiary alicyclic amines) is 1. The van der Waals surface area contributed by atoms with E-state index in [0.717, 1.165) is 43.3 Å². The van der Waals surface area contributed by atoms with Crippen LogP contribution < -0.4 is 5.32 Å². The molecule has 1 saturated heterocycles. The quantitative estimate of drug-likeness (QED) is 0.697. The average molecular weight is 417 g/mol. The zero-order valence-corrected chi connectivity index (χ0v) is 18.0. The zero-order valence-electron chi connectivity index (χ0n) is 18.0. The second kappa shape index (κ2) is 9.27. The van der Waals surface area contributed by atoms with Crippen molar-refractivity contribution in [3.63, 3.8) is 0 Å². The Kier molecular flexibility index (Phi) is 6.28. The number of hydrogen-bond acceptors (Lipinski definition) is 4. The maximum atomic E-state index is 13.0. The highest BCUT2D eigenvalue weighted by Gasteiger charge is 2.24. The molecular weight excluding hydrogens is 388 g/mol. The van der Waals surface area contributed by atoms with E-state index >= 15 is 0 Å². The Balaban J connectivity index is 1.43. The molecular formula is C25H28N4O2. The second-order valence-corrected chi connectivity index (χ2v) is 8.29. The lowest BCUT2D eigenvalue weighted by Gasteiger charge is -2.28. The number of hydrogen-bond donors (Lipinski definition) is 1. The molecule has 2 heterocycles. The first-order valence-corrected chi connectivity index (χ1v) is 10.7. The van der Waals surface area contributed by atoms with Crippen molar-refractivity contribution in [2.45, 2.75) is 25.3 Å². The van der Waals surface area contributed by atoms with Gasteiger partial charge in [0.15, 0.2) is 0 Å². The Hall–Kier alpha value is -3.25. The van der Waals surface area contributed by atoms with Gasteiger partial charge in [-0.2, -0.15) is 0 Å². The summed E-state index contributed by atoms with van der Waals surface area (Å²) < 4.78 is 0. The maximum Gasteiger partial charge on any atom is 0.274 e. The van der Waals surface area contributed by atoms with Gasteiger partial charge in [-0.3, -0.25) is 9.59 Å². The highest BCUT2D eigenvalue weighted by molar-refractivity contribution is 6.04. The molecule has 0 aliphatic carbocycles. The molecule has 2 aromatic carbocycles. The van der Waals surface area contributed by atoms with Gasteiger partial charge in [-0.15, -0.1) is 0 Å². The van der Waals surface area contributed by atoms with Crippen LogP contribution in [-0.4, -0.2) is 59.8 Å². The average Bonchev–Trinajstić information content (AvgIpc) is 3.05. The molecule has 0 spiro atoms. The predicted octanol–water partition coefficient (Wildman–Crippen LogP) is 4.04. The normalized spacial score (nSPS) is 16.9. The molecule has 0 bridgehead atoms. The Morgan fingerprint density at radius 2 is 1.77 bits per heavy atom. The van der Waals surface area contributed by atoms with E-state index in [-0.39, 0.29) is 11.8 Å². The molecule has 4 rings (SSSR count). The third-order valence-electron chi connectivity index (χ3n) is 5.88. The van der Waals surface area contributed by atoms with Crippen LogP contribution in [0.15, 0.2) is 60.7 Å². The fourth-order valence-corrected chi connectivity index (χ4v) is 3.99. The van der Waals surface area contributed by atoms with Gasteiger partial charge >= 0.3 is 0 Å². The monoisotopic (exact) mass is 416 g/mol. The smallest absolute Gasteiger partial charge is 0.274 e. The number of aromatic nitrogens is 1. The number of pyridine rings is 1. The van der Waals surface area contributed by atoms with Gasteiger partial charge in [0, 0.05) is 35.8 Å². The van der Waals surface area contributed by atoms with Crippen molar-refractivity contribution < 1.29 is 9.59 Å². The van der Waals surface area contributed by atoms with Crippen LogP contribution in [0.25, 0.3) is 10.9 Å². The molecule has 1 atom stereocenters. The molecule has 160 valence electrons. The molecule has 3 aromatic rings. The van der Waals surface area contributed by atoms with Crippen molar-refractivity contribution in [2.75, 3.05) is 32.5 Å². The molecule has 0 saturated carbocycles. The van der Waals surface area contributed by atoms with Crippen molar-refractivity contribution in [1.29, 1.82) is 0 Å². The number of amides is 2. The summed E-state index contributed by atoms with van der Waals surface area (Å²) >= 11 is 0. The van der Waals surface area contributed by atoms with Gasteiger partial charge < -0.3 is 15.1 Å². The largest absolute Gasteiger partial charge is 0.337 e. The maximum absolute atomic E-state index is 13.0. The number of nitrogens with zero attached hydrogens (tertiary/aromatic N) is 3. The first kappa shape index (κ1) is 21.0. The van der Waals surface area contributed by atoms with Crippen LogP contribution in [0, 0.1) is 0 Å². The van der Waals surface area contributed by atoms with Crippen LogP contribution in [0.1, 0.15) is 40.1 Å². The molecule has 2 amide bonds. The number of benzene rings is 2. The van der Waals surface area contributed by atoms with Gasteiger partial charge in [0.2, 0.25) is 0 Å². The SMILES string of the molecule is CN(C)[C@H]1CCCCN(C(=O)c2ccc(NC(=O)c3ccc4ccccc4n3)cc2)C1. The molecule has 1 aliphatic rings. The van der Waals surface area contributed by atoms with Crippen LogP contribution in [0.2, 0.25) is 0 Å². The predicted molar refractivity (Wildman–Crippen MR) is 123 cm³/mol.